The first-order valence-corrected chi connectivity index (χ1v) is 11.9. The summed E-state index contributed by atoms with van der Waals surface area (Å²) >= 11 is 0. The molecule has 0 heterocycles. The highest BCUT2D eigenvalue weighted by molar-refractivity contribution is 5.43. The lowest BCUT2D eigenvalue weighted by atomic mass is 9.40. The van der Waals surface area contributed by atoms with Crippen LogP contribution in [0.5, 0.6) is 0 Å². The summed E-state index contributed by atoms with van der Waals surface area (Å²) in [7, 11) is 4.44. The number of nitrogens with zero attached hydrogens (tertiary/aromatic N) is 1. The van der Waals surface area contributed by atoms with Gasteiger partial charge in [0.2, 0.25) is 0 Å². The van der Waals surface area contributed by atoms with Crippen molar-refractivity contribution >= 4 is 0 Å². The predicted molar refractivity (Wildman–Crippen MR) is 122 cm³/mol. The molecule has 0 amide bonds. The van der Waals surface area contributed by atoms with Gasteiger partial charge in [0.05, 0.1) is 0 Å². The van der Waals surface area contributed by atoms with Gasteiger partial charge in [-0.2, -0.15) is 0 Å². The molecule has 2 aromatic carbocycles. The summed E-state index contributed by atoms with van der Waals surface area (Å²) in [4.78, 5) is 2.36. The zero-order valence-corrected chi connectivity index (χ0v) is 18.3. The highest BCUT2D eigenvalue weighted by Gasteiger charge is 2.60. The summed E-state index contributed by atoms with van der Waals surface area (Å²) in [6.45, 7) is 1.17. The molecule has 154 valence electrons. The van der Waals surface area contributed by atoms with Gasteiger partial charge >= 0.3 is 0 Å². The maximum Gasteiger partial charge on any atom is 0.0259 e. The normalized spacial score (nSPS) is 30.8. The van der Waals surface area contributed by atoms with Gasteiger partial charge in [-0.25, -0.2) is 0 Å². The van der Waals surface area contributed by atoms with Crippen molar-refractivity contribution in [2.75, 3.05) is 20.6 Å². The van der Waals surface area contributed by atoms with Crippen LogP contribution in [0.4, 0.5) is 0 Å². The highest BCUT2D eigenvalue weighted by atomic mass is 15.0. The van der Waals surface area contributed by atoms with E-state index in [0.717, 1.165) is 17.8 Å². The van der Waals surface area contributed by atoms with Crippen molar-refractivity contribution in [2.24, 2.45) is 23.2 Å². The van der Waals surface area contributed by atoms with Crippen molar-refractivity contribution in [3.05, 3.63) is 71.8 Å². The van der Waals surface area contributed by atoms with Gasteiger partial charge in [-0.3, -0.25) is 0 Å². The molecule has 4 aliphatic rings. The Morgan fingerprint density at radius 2 is 1.21 bits per heavy atom. The van der Waals surface area contributed by atoms with E-state index in [1.165, 1.54) is 57.9 Å². The summed E-state index contributed by atoms with van der Waals surface area (Å²) in [5.41, 5.74) is 3.75. The fraction of sp³-hybridized carbons (Fsp3) is 0.571. The molecular weight excluding hydrogens is 350 g/mol. The van der Waals surface area contributed by atoms with Crippen molar-refractivity contribution in [2.45, 2.75) is 56.8 Å². The second-order valence-electron chi connectivity index (χ2n) is 10.7. The second kappa shape index (κ2) is 7.58. The van der Waals surface area contributed by atoms with E-state index in [1.807, 2.05) is 0 Å². The average Bonchev–Trinajstić information content (AvgIpc) is 2.71. The first kappa shape index (κ1) is 19.4. The number of hydrogen-bond donors (Lipinski definition) is 0. The molecule has 1 heteroatoms. The van der Waals surface area contributed by atoms with Crippen LogP contribution >= 0.6 is 0 Å². The van der Waals surface area contributed by atoms with Crippen LogP contribution in [0.1, 0.15) is 62.5 Å². The van der Waals surface area contributed by atoms with Crippen LogP contribution < -0.4 is 0 Å². The minimum absolute atomic E-state index is 0.154. The molecule has 0 radical (unpaired) electrons. The summed E-state index contributed by atoms with van der Waals surface area (Å²) in [5, 5.41) is 0. The molecule has 0 aliphatic heterocycles. The molecule has 0 N–H and O–H groups in total. The Labute approximate surface area is 177 Å². The Balaban J connectivity index is 1.67. The number of benzene rings is 2. The Morgan fingerprint density at radius 1 is 0.759 bits per heavy atom. The average molecular weight is 388 g/mol. The van der Waals surface area contributed by atoms with E-state index in [9.17, 15) is 0 Å². The smallest absolute Gasteiger partial charge is 0.0259 e. The van der Waals surface area contributed by atoms with Crippen LogP contribution in [0, 0.1) is 23.2 Å². The van der Waals surface area contributed by atoms with Gasteiger partial charge in [-0.1, -0.05) is 60.7 Å². The maximum atomic E-state index is 2.45. The minimum atomic E-state index is 0.154. The van der Waals surface area contributed by atoms with Crippen LogP contribution in [-0.4, -0.2) is 25.5 Å². The first-order valence-electron chi connectivity index (χ1n) is 11.9. The van der Waals surface area contributed by atoms with Crippen molar-refractivity contribution in [3.63, 3.8) is 0 Å². The third-order valence-electron chi connectivity index (χ3n) is 8.63. The van der Waals surface area contributed by atoms with E-state index < -0.39 is 0 Å². The van der Waals surface area contributed by atoms with Gasteiger partial charge in [0.15, 0.2) is 0 Å². The fourth-order valence-electron chi connectivity index (χ4n) is 8.07. The lowest BCUT2D eigenvalue weighted by Gasteiger charge is -2.64. The molecule has 0 unspecified atom stereocenters. The van der Waals surface area contributed by atoms with Gasteiger partial charge in [0, 0.05) is 5.41 Å². The maximum absolute atomic E-state index is 2.45. The van der Waals surface area contributed by atoms with Gasteiger partial charge < -0.3 is 4.90 Å². The van der Waals surface area contributed by atoms with Crippen LogP contribution in [-0.2, 0) is 5.41 Å². The summed E-state index contributed by atoms with van der Waals surface area (Å²) < 4.78 is 0. The standard InChI is InChI=1S/C28H37N/c1-29(2)15-9-14-28(25-10-5-3-6-11-25,26-12-7-4-8-13-26)27-19-22-16-23(20-27)18-24(17-22)21-27/h3-8,10-13,22-24H,9,14-21H2,1-2H3. The lowest BCUT2D eigenvalue weighted by Crippen LogP contribution is -2.57. The first-order chi connectivity index (χ1) is 14.1. The largest absolute Gasteiger partial charge is 0.309 e. The van der Waals surface area contributed by atoms with Crippen molar-refractivity contribution in [1.29, 1.82) is 0 Å². The minimum Gasteiger partial charge on any atom is -0.309 e. The van der Waals surface area contributed by atoms with Crippen molar-refractivity contribution in [3.8, 4) is 0 Å². The van der Waals surface area contributed by atoms with Gasteiger partial charge in [0.1, 0.15) is 0 Å². The second-order valence-corrected chi connectivity index (χ2v) is 10.7. The van der Waals surface area contributed by atoms with E-state index in [1.54, 1.807) is 11.1 Å². The van der Waals surface area contributed by atoms with E-state index >= 15 is 0 Å². The van der Waals surface area contributed by atoms with Gasteiger partial charge in [-0.15, -0.1) is 0 Å². The molecule has 4 aliphatic carbocycles. The van der Waals surface area contributed by atoms with E-state index in [-0.39, 0.29) is 5.41 Å². The topological polar surface area (TPSA) is 3.24 Å². The molecule has 0 saturated heterocycles. The quantitative estimate of drug-likeness (QED) is 0.522. The molecule has 4 fully saturated rings. The number of hydrogen-bond acceptors (Lipinski definition) is 1. The molecule has 4 bridgehead atoms. The van der Waals surface area contributed by atoms with Crippen molar-refractivity contribution < 1.29 is 0 Å². The third kappa shape index (κ3) is 3.26. The molecule has 0 aromatic heterocycles. The molecule has 6 rings (SSSR count). The third-order valence-corrected chi connectivity index (χ3v) is 8.63. The van der Waals surface area contributed by atoms with Crippen molar-refractivity contribution in [1.82, 2.24) is 4.90 Å². The molecule has 29 heavy (non-hydrogen) atoms. The summed E-state index contributed by atoms with van der Waals surface area (Å²) in [6.07, 6.45) is 11.4. The number of rotatable bonds is 7. The van der Waals surface area contributed by atoms with E-state index in [4.69, 9.17) is 0 Å². The SMILES string of the molecule is CN(C)CCCC(c1ccccc1)(c1ccccc1)C12CC3CC(CC(C3)C1)C2. The van der Waals surface area contributed by atoms with E-state index in [2.05, 4.69) is 79.7 Å². The van der Waals surface area contributed by atoms with Gasteiger partial charge in [0.25, 0.3) is 0 Å². The van der Waals surface area contributed by atoms with Crippen LogP contribution in [0.3, 0.4) is 0 Å². The Hall–Kier alpha value is -1.60. The van der Waals surface area contributed by atoms with Crippen LogP contribution in [0.2, 0.25) is 0 Å². The lowest BCUT2D eigenvalue weighted by molar-refractivity contribution is -0.0931. The summed E-state index contributed by atoms with van der Waals surface area (Å²) in [5.74, 6) is 2.92. The highest BCUT2D eigenvalue weighted by Crippen LogP contribution is 2.68. The summed E-state index contributed by atoms with van der Waals surface area (Å²) in [6, 6.07) is 23.3. The molecule has 0 spiro atoms. The molecule has 4 saturated carbocycles. The Kier molecular flexibility index (Phi) is 5.06. The zero-order valence-electron chi connectivity index (χ0n) is 18.3. The molecule has 1 nitrogen and oxygen atoms in total. The fourth-order valence-corrected chi connectivity index (χ4v) is 8.07. The predicted octanol–water partition coefficient (Wildman–Crippen LogP) is 6.53. The molecule has 2 aromatic rings. The van der Waals surface area contributed by atoms with Crippen LogP contribution in [0.25, 0.3) is 0 Å². The molecular formula is C28H37N. The molecule has 0 atom stereocenters. The monoisotopic (exact) mass is 387 g/mol. The van der Waals surface area contributed by atoms with E-state index in [0.29, 0.717) is 5.41 Å². The Morgan fingerprint density at radius 3 is 1.62 bits per heavy atom. The Bertz CT molecular complexity index is 732. The zero-order chi connectivity index (χ0) is 19.9. The van der Waals surface area contributed by atoms with Gasteiger partial charge in [-0.05, 0) is 106 Å². The van der Waals surface area contributed by atoms with Crippen LogP contribution in [0.15, 0.2) is 60.7 Å².